The van der Waals surface area contributed by atoms with Crippen molar-refractivity contribution < 1.29 is 4.79 Å². The Morgan fingerprint density at radius 1 is 1.45 bits per heavy atom. The topological polar surface area (TPSA) is 71.2 Å². The minimum atomic E-state index is -0.383. The van der Waals surface area contributed by atoms with Crippen molar-refractivity contribution in [1.29, 1.82) is 0 Å². The summed E-state index contributed by atoms with van der Waals surface area (Å²) in [5.41, 5.74) is 5.98. The largest absolute Gasteiger partial charge is 0.363 e. The fourth-order valence-electron chi connectivity index (χ4n) is 2.22. The molecule has 0 radical (unpaired) electrons. The molecule has 1 amide bonds. The van der Waals surface area contributed by atoms with E-state index in [0.29, 0.717) is 18.0 Å². The molecule has 1 aromatic heterocycles. The first kappa shape index (κ1) is 16.4. The maximum absolute atomic E-state index is 12.3. The lowest BCUT2D eigenvalue weighted by atomic mass is 9.90. The van der Waals surface area contributed by atoms with Gasteiger partial charge in [0.15, 0.2) is 0 Å². The molecule has 1 atom stereocenters. The molecular weight excluding hydrogens is 252 g/mol. The lowest BCUT2D eigenvalue weighted by Crippen LogP contribution is -2.52. The van der Waals surface area contributed by atoms with Gasteiger partial charge in [0, 0.05) is 32.4 Å². The number of rotatable bonds is 6. The quantitative estimate of drug-likeness (QED) is 0.830. The van der Waals surface area contributed by atoms with Crippen LogP contribution < -0.4 is 16.0 Å². The zero-order valence-corrected chi connectivity index (χ0v) is 13.1. The van der Waals surface area contributed by atoms with Crippen LogP contribution in [0, 0.1) is 5.92 Å². The molecule has 1 aromatic rings. The molecule has 0 fully saturated rings. The molecule has 1 unspecified atom stereocenters. The van der Waals surface area contributed by atoms with Crippen LogP contribution in [0.4, 0.5) is 5.82 Å². The number of pyridine rings is 1. The van der Waals surface area contributed by atoms with Gasteiger partial charge in [0.25, 0.3) is 5.91 Å². The first-order valence-corrected chi connectivity index (χ1v) is 6.93. The highest BCUT2D eigenvalue weighted by Gasteiger charge is 2.26. The standard InChI is InChI=1S/C15H26N4O/c1-11(2)8-15(3,10-16)18-14(20)12-6-7-13(17-9-12)19(4)5/h6-7,9,11H,8,10,16H2,1-5H3,(H,18,20). The summed E-state index contributed by atoms with van der Waals surface area (Å²) in [5.74, 6) is 1.17. The zero-order chi connectivity index (χ0) is 15.3. The number of nitrogens with zero attached hydrogens (tertiary/aromatic N) is 2. The molecule has 0 saturated carbocycles. The van der Waals surface area contributed by atoms with Gasteiger partial charge >= 0.3 is 0 Å². The molecule has 5 nitrogen and oxygen atoms in total. The van der Waals surface area contributed by atoms with Crippen LogP contribution in [0.2, 0.25) is 0 Å². The summed E-state index contributed by atoms with van der Waals surface area (Å²) in [4.78, 5) is 18.4. The molecule has 0 aliphatic carbocycles. The summed E-state index contributed by atoms with van der Waals surface area (Å²) in [7, 11) is 3.83. The van der Waals surface area contributed by atoms with E-state index in [1.807, 2.05) is 32.0 Å². The molecule has 5 heteroatoms. The summed E-state index contributed by atoms with van der Waals surface area (Å²) in [6.07, 6.45) is 2.44. The Hall–Kier alpha value is -1.62. The minimum absolute atomic E-state index is 0.128. The minimum Gasteiger partial charge on any atom is -0.363 e. The van der Waals surface area contributed by atoms with E-state index in [1.54, 1.807) is 12.3 Å². The number of aromatic nitrogens is 1. The number of hydrogen-bond donors (Lipinski definition) is 2. The van der Waals surface area contributed by atoms with Crippen LogP contribution in [0.25, 0.3) is 0 Å². The predicted molar refractivity (Wildman–Crippen MR) is 82.9 cm³/mol. The van der Waals surface area contributed by atoms with Crippen LogP contribution in [0.15, 0.2) is 18.3 Å². The second-order valence-corrected chi connectivity index (χ2v) is 6.12. The van der Waals surface area contributed by atoms with Crippen molar-refractivity contribution in [3.05, 3.63) is 23.9 Å². The van der Waals surface area contributed by atoms with Gasteiger partial charge in [-0.1, -0.05) is 13.8 Å². The van der Waals surface area contributed by atoms with E-state index in [-0.39, 0.29) is 11.4 Å². The predicted octanol–water partition coefficient (Wildman–Crippen LogP) is 1.64. The van der Waals surface area contributed by atoms with Crippen LogP contribution in [-0.2, 0) is 0 Å². The first-order valence-electron chi connectivity index (χ1n) is 6.93. The molecule has 0 spiro atoms. The van der Waals surface area contributed by atoms with Gasteiger partial charge in [0.2, 0.25) is 0 Å². The third kappa shape index (κ3) is 4.49. The maximum atomic E-state index is 12.3. The fraction of sp³-hybridized carbons (Fsp3) is 0.600. The summed E-state index contributed by atoms with van der Waals surface area (Å²) >= 11 is 0. The SMILES string of the molecule is CC(C)CC(C)(CN)NC(=O)c1ccc(N(C)C)nc1. The zero-order valence-electron chi connectivity index (χ0n) is 13.1. The maximum Gasteiger partial charge on any atom is 0.253 e. The van der Waals surface area contributed by atoms with Gasteiger partial charge < -0.3 is 16.0 Å². The van der Waals surface area contributed by atoms with Crippen LogP contribution in [0.3, 0.4) is 0 Å². The highest BCUT2D eigenvalue weighted by atomic mass is 16.1. The summed E-state index contributed by atoms with van der Waals surface area (Å²) in [6, 6.07) is 3.61. The van der Waals surface area contributed by atoms with Crippen molar-refractivity contribution in [2.24, 2.45) is 11.7 Å². The fourth-order valence-corrected chi connectivity index (χ4v) is 2.22. The third-order valence-corrected chi connectivity index (χ3v) is 3.19. The molecule has 0 bridgehead atoms. The van der Waals surface area contributed by atoms with Gasteiger partial charge in [-0.25, -0.2) is 4.98 Å². The molecular formula is C15H26N4O. The van der Waals surface area contributed by atoms with E-state index in [9.17, 15) is 4.79 Å². The van der Waals surface area contributed by atoms with Crippen LogP contribution >= 0.6 is 0 Å². The molecule has 0 saturated heterocycles. The lowest BCUT2D eigenvalue weighted by Gasteiger charge is -2.31. The number of amides is 1. The van der Waals surface area contributed by atoms with E-state index >= 15 is 0 Å². The molecule has 20 heavy (non-hydrogen) atoms. The van der Waals surface area contributed by atoms with Gasteiger partial charge in [0.05, 0.1) is 5.56 Å². The van der Waals surface area contributed by atoms with Gasteiger partial charge in [-0.05, 0) is 31.4 Å². The molecule has 112 valence electrons. The number of nitrogens with two attached hydrogens (primary N) is 1. The number of hydrogen-bond acceptors (Lipinski definition) is 4. The molecule has 0 aromatic carbocycles. The van der Waals surface area contributed by atoms with Crippen molar-refractivity contribution in [2.75, 3.05) is 25.5 Å². The van der Waals surface area contributed by atoms with Crippen LogP contribution in [-0.4, -0.2) is 37.1 Å². The van der Waals surface area contributed by atoms with E-state index in [4.69, 9.17) is 5.73 Å². The third-order valence-electron chi connectivity index (χ3n) is 3.19. The monoisotopic (exact) mass is 278 g/mol. The lowest BCUT2D eigenvalue weighted by molar-refractivity contribution is 0.0898. The first-order chi connectivity index (χ1) is 9.27. The van der Waals surface area contributed by atoms with Gasteiger partial charge in [-0.15, -0.1) is 0 Å². The number of carbonyl (C=O) groups excluding carboxylic acids is 1. The molecule has 3 N–H and O–H groups in total. The van der Waals surface area contributed by atoms with Crippen molar-refractivity contribution >= 4 is 11.7 Å². The molecule has 0 aliphatic rings. The highest BCUT2D eigenvalue weighted by molar-refractivity contribution is 5.94. The van der Waals surface area contributed by atoms with Crippen molar-refractivity contribution in [3.63, 3.8) is 0 Å². The molecule has 0 aliphatic heterocycles. The highest BCUT2D eigenvalue weighted by Crippen LogP contribution is 2.16. The Bertz CT molecular complexity index is 442. The number of carbonyl (C=O) groups is 1. The Balaban J connectivity index is 2.79. The number of nitrogens with one attached hydrogen (secondary N) is 1. The van der Waals surface area contributed by atoms with Gasteiger partial charge in [-0.2, -0.15) is 0 Å². The normalized spacial score (nSPS) is 13.9. The Morgan fingerprint density at radius 3 is 2.50 bits per heavy atom. The molecule has 1 heterocycles. The number of anilines is 1. The van der Waals surface area contributed by atoms with Crippen LogP contribution in [0.5, 0.6) is 0 Å². The average Bonchev–Trinajstić information content (AvgIpc) is 2.37. The second kappa shape index (κ2) is 6.70. The van der Waals surface area contributed by atoms with E-state index in [0.717, 1.165) is 12.2 Å². The Kier molecular flexibility index (Phi) is 5.51. The van der Waals surface area contributed by atoms with Crippen molar-refractivity contribution in [2.45, 2.75) is 32.7 Å². The van der Waals surface area contributed by atoms with Crippen molar-refractivity contribution in [3.8, 4) is 0 Å². The van der Waals surface area contributed by atoms with Crippen LogP contribution in [0.1, 0.15) is 37.6 Å². The summed E-state index contributed by atoms with van der Waals surface area (Å²) in [5, 5.41) is 3.02. The second-order valence-electron chi connectivity index (χ2n) is 6.12. The van der Waals surface area contributed by atoms with Gasteiger partial charge in [0.1, 0.15) is 5.82 Å². The van der Waals surface area contributed by atoms with E-state index < -0.39 is 0 Å². The summed E-state index contributed by atoms with van der Waals surface area (Å²) in [6.45, 7) is 6.63. The Labute approximate surface area is 121 Å². The van der Waals surface area contributed by atoms with E-state index in [1.165, 1.54) is 0 Å². The van der Waals surface area contributed by atoms with E-state index in [2.05, 4.69) is 24.1 Å². The van der Waals surface area contributed by atoms with Crippen molar-refractivity contribution in [1.82, 2.24) is 10.3 Å². The smallest absolute Gasteiger partial charge is 0.253 e. The average molecular weight is 278 g/mol. The molecule has 1 rings (SSSR count). The Morgan fingerprint density at radius 2 is 2.10 bits per heavy atom. The van der Waals surface area contributed by atoms with Gasteiger partial charge in [-0.3, -0.25) is 4.79 Å². The summed E-state index contributed by atoms with van der Waals surface area (Å²) < 4.78 is 0.